The van der Waals surface area contributed by atoms with Crippen LogP contribution in [0.2, 0.25) is 0 Å². The van der Waals surface area contributed by atoms with Gasteiger partial charge in [-0.25, -0.2) is 4.39 Å². The van der Waals surface area contributed by atoms with Crippen molar-refractivity contribution in [3.8, 4) is 5.75 Å². The number of hydrogen-bond donors (Lipinski definition) is 0. The van der Waals surface area contributed by atoms with Crippen LogP contribution in [0.25, 0.3) is 0 Å². The van der Waals surface area contributed by atoms with E-state index >= 15 is 0 Å². The molecule has 0 bridgehead atoms. The zero-order valence-electron chi connectivity index (χ0n) is 9.99. The van der Waals surface area contributed by atoms with Crippen LogP contribution in [0.5, 0.6) is 5.75 Å². The maximum atomic E-state index is 12.9. The van der Waals surface area contributed by atoms with Crippen molar-refractivity contribution in [2.75, 3.05) is 0 Å². The molecule has 1 aromatic carbocycles. The molecular weight excluding hydrogens is 219 g/mol. The van der Waals surface area contributed by atoms with Gasteiger partial charge < -0.3 is 4.74 Å². The van der Waals surface area contributed by atoms with E-state index in [0.717, 1.165) is 25.7 Å². The molecule has 0 radical (unpaired) electrons. The number of benzene rings is 1. The van der Waals surface area contributed by atoms with Crippen molar-refractivity contribution in [2.45, 2.75) is 32.6 Å². The predicted octanol–water partition coefficient (Wildman–Crippen LogP) is 3.56. The van der Waals surface area contributed by atoms with Crippen molar-refractivity contribution in [2.24, 2.45) is 11.8 Å². The van der Waals surface area contributed by atoms with Crippen molar-refractivity contribution in [3.63, 3.8) is 0 Å². The highest BCUT2D eigenvalue weighted by Crippen LogP contribution is 2.29. The van der Waals surface area contributed by atoms with Gasteiger partial charge in [0.05, 0.1) is 5.92 Å². The van der Waals surface area contributed by atoms with Gasteiger partial charge in [-0.15, -0.1) is 0 Å². The standard InChI is InChI=1S/C14H17FO2/c1-10-5-7-11(8-6-10)14(16)17-13-4-2-3-12(15)9-13/h2-4,9-11H,5-8H2,1H3. The molecule has 0 spiro atoms. The molecule has 0 saturated heterocycles. The first kappa shape index (κ1) is 12.1. The van der Waals surface area contributed by atoms with Crippen LogP contribution >= 0.6 is 0 Å². The quantitative estimate of drug-likeness (QED) is 0.579. The highest BCUT2D eigenvalue weighted by atomic mass is 19.1. The van der Waals surface area contributed by atoms with Crippen molar-refractivity contribution >= 4 is 5.97 Å². The number of carbonyl (C=O) groups excluding carboxylic acids is 1. The Hall–Kier alpha value is -1.38. The van der Waals surface area contributed by atoms with E-state index in [1.165, 1.54) is 12.1 Å². The summed E-state index contributed by atoms with van der Waals surface area (Å²) in [6.07, 6.45) is 3.91. The van der Waals surface area contributed by atoms with E-state index < -0.39 is 0 Å². The summed E-state index contributed by atoms with van der Waals surface area (Å²) in [6.45, 7) is 2.20. The van der Waals surface area contributed by atoms with Crippen LogP contribution in [-0.2, 0) is 4.79 Å². The normalized spacial score (nSPS) is 24.4. The van der Waals surface area contributed by atoms with E-state index in [9.17, 15) is 9.18 Å². The Morgan fingerprint density at radius 1 is 1.29 bits per heavy atom. The van der Waals surface area contributed by atoms with Gasteiger partial charge in [0, 0.05) is 6.07 Å². The topological polar surface area (TPSA) is 26.3 Å². The highest BCUT2D eigenvalue weighted by Gasteiger charge is 2.25. The molecule has 3 heteroatoms. The molecule has 1 aliphatic rings. The molecule has 92 valence electrons. The molecule has 2 nitrogen and oxygen atoms in total. The van der Waals surface area contributed by atoms with Crippen LogP contribution < -0.4 is 4.74 Å². The van der Waals surface area contributed by atoms with Gasteiger partial charge in [0.15, 0.2) is 0 Å². The third-order valence-corrected chi connectivity index (χ3v) is 3.36. The van der Waals surface area contributed by atoms with E-state index in [1.807, 2.05) is 0 Å². The second kappa shape index (κ2) is 5.30. The van der Waals surface area contributed by atoms with Gasteiger partial charge in [-0.05, 0) is 43.7 Å². The highest BCUT2D eigenvalue weighted by molar-refractivity contribution is 5.75. The lowest BCUT2D eigenvalue weighted by molar-refractivity contribution is -0.140. The molecule has 0 aliphatic heterocycles. The SMILES string of the molecule is CC1CCC(C(=O)Oc2cccc(F)c2)CC1. The van der Waals surface area contributed by atoms with Crippen LogP contribution in [0.3, 0.4) is 0 Å². The Morgan fingerprint density at radius 2 is 2.00 bits per heavy atom. The van der Waals surface area contributed by atoms with E-state index in [1.54, 1.807) is 12.1 Å². The van der Waals surface area contributed by atoms with Crippen LogP contribution in [0.1, 0.15) is 32.6 Å². The number of esters is 1. The number of halogens is 1. The third-order valence-electron chi connectivity index (χ3n) is 3.36. The zero-order chi connectivity index (χ0) is 12.3. The first-order valence-electron chi connectivity index (χ1n) is 6.12. The molecule has 1 aromatic rings. The number of hydrogen-bond acceptors (Lipinski definition) is 2. The van der Waals surface area contributed by atoms with Gasteiger partial charge in [0.1, 0.15) is 11.6 Å². The smallest absolute Gasteiger partial charge is 0.314 e. The largest absolute Gasteiger partial charge is 0.426 e. The van der Waals surface area contributed by atoms with Crippen LogP contribution in [-0.4, -0.2) is 5.97 Å². The fraction of sp³-hybridized carbons (Fsp3) is 0.500. The molecule has 2 rings (SSSR count). The summed E-state index contributed by atoms with van der Waals surface area (Å²) in [4.78, 5) is 11.8. The first-order valence-corrected chi connectivity index (χ1v) is 6.12. The molecule has 0 aromatic heterocycles. The lowest BCUT2D eigenvalue weighted by Crippen LogP contribution is -2.24. The predicted molar refractivity (Wildman–Crippen MR) is 63.2 cm³/mol. The van der Waals surface area contributed by atoms with Crippen molar-refractivity contribution in [1.29, 1.82) is 0 Å². The minimum atomic E-state index is -0.382. The summed E-state index contributed by atoms with van der Waals surface area (Å²) in [7, 11) is 0. The maximum absolute atomic E-state index is 12.9. The van der Waals surface area contributed by atoms with Crippen LogP contribution in [0.15, 0.2) is 24.3 Å². The summed E-state index contributed by atoms with van der Waals surface area (Å²) in [5.74, 6) is 0.381. The van der Waals surface area contributed by atoms with Crippen molar-refractivity contribution in [1.82, 2.24) is 0 Å². The molecule has 1 saturated carbocycles. The Bertz CT molecular complexity index is 395. The molecular formula is C14H17FO2. The fourth-order valence-corrected chi connectivity index (χ4v) is 2.23. The number of ether oxygens (including phenoxy) is 1. The Morgan fingerprint density at radius 3 is 2.65 bits per heavy atom. The molecule has 0 heterocycles. The average molecular weight is 236 g/mol. The summed E-state index contributed by atoms with van der Waals surface area (Å²) in [5, 5.41) is 0. The summed E-state index contributed by atoms with van der Waals surface area (Å²) in [6, 6.07) is 5.72. The van der Waals surface area contributed by atoms with Crippen LogP contribution in [0.4, 0.5) is 4.39 Å². The minimum Gasteiger partial charge on any atom is -0.426 e. The molecule has 1 fully saturated rings. The van der Waals surface area contributed by atoms with Crippen LogP contribution in [0, 0.1) is 17.7 Å². The van der Waals surface area contributed by atoms with Gasteiger partial charge in [-0.1, -0.05) is 13.0 Å². The van der Waals surface area contributed by atoms with Crippen molar-refractivity contribution in [3.05, 3.63) is 30.1 Å². The molecule has 0 atom stereocenters. The van der Waals surface area contributed by atoms with Gasteiger partial charge in [0.25, 0.3) is 0 Å². The van der Waals surface area contributed by atoms with E-state index in [0.29, 0.717) is 11.7 Å². The molecule has 0 N–H and O–H groups in total. The lowest BCUT2D eigenvalue weighted by Gasteiger charge is -2.24. The first-order chi connectivity index (χ1) is 8.15. The third kappa shape index (κ3) is 3.29. The number of rotatable bonds is 2. The fourth-order valence-electron chi connectivity index (χ4n) is 2.23. The summed E-state index contributed by atoms with van der Waals surface area (Å²) in [5.41, 5.74) is 0. The van der Waals surface area contributed by atoms with Gasteiger partial charge in [-0.2, -0.15) is 0 Å². The van der Waals surface area contributed by atoms with E-state index in [2.05, 4.69) is 6.92 Å². The second-order valence-corrected chi connectivity index (χ2v) is 4.84. The average Bonchev–Trinajstić information content (AvgIpc) is 2.29. The maximum Gasteiger partial charge on any atom is 0.314 e. The molecule has 0 amide bonds. The molecule has 17 heavy (non-hydrogen) atoms. The van der Waals surface area contributed by atoms with Gasteiger partial charge in [-0.3, -0.25) is 4.79 Å². The Balaban J connectivity index is 1.93. The Kier molecular flexibility index (Phi) is 3.77. The van der Waals surface area contributed by atoms with Crippen molar-refractivity contribution < 1.29 is 13.9 Å². The molecule has 0 unspecified atom stereocenters. The molecule has 1 aliphatic carbocycles. The lowest BCUT2D eigenvalue weighted by atomic mass is 9.83. The zero-order valence-corrected chi connectivity index (χ0v) is 9.99. The second-order valence-electron chi connectivity index (χ2n) is 4.84. The monoisotopic (exact) mass is 236 g/mol. The van der Waals surface area contributed by atoms with Gasteiger partial charge in [0.2, 0.25) is 0 Å². The Labute approximate surface area is 101 Å². The summed E-state index contributed by atoms with van der Waals surface area (Å²) >= 11 is 0. The van der Waals surface area contributed by atoms with E-state index in [-0.39, 0.29) is 17.7 Å². The number of carbonyl (C=O) groups is 1. The summed E-state index contributed by atoms with van der Waals surface area (Å²) < 4.78 is 18.1. The van der Waals surface area contributed by atoms with Gasteiger partial charge >= 0.3 is 5.97 Å². The minimum absolute atomic E-state index is 0.0190. The van der Waals surface area contributed by atoms with E-state index in [4.69, 9.17) is 4.74 Å².